The van der Waals surface area contributed by atoms with E-state index in [4.69, 9.17) is 16.3 Å². The summed E-state index contributed by atoms with van der Waals surface area (Å²) >= 11 is 6.12. The first-order chi connectivity index (χ1) is 13.5. The second kappa shape index (κ2) is 9.22. The Morgan fingerprint density at radius 3 is 2.64 bits per heavy atom. The first-order valence-electron chi connectivity index (χ1n) is 9.52. The van der Waals surface area contributed by atoms with Gasteiger partial charge < -0.3 is 15.0 Å². The van der Waals surface area contributed by atoms with E-state index in [0.717, 1.165) is 17.5 Å². The number of nitrogens with zero attached hydrogens (tertiary/aromatic N) is 1. The van der Waals surface area contributed by atoms with Gasteiger partial charge in [-0.15, -0.1) is 0 Å². The van der Waals surface area contributed by atoms with Crippen LogP contribution in [0.15, 0.2) is 42.5 Å². The summed E-state index contributed by atoms with van der Waals surface area (Å²) in [5, 5.41) is 3.47. The van der Waals surface area contributed by atoms with E-state index < -0.39 is 0 Å². The highest BCUT2D eigenvalue weighted by atomic mass is 35.5. The van der Waals surface area contributed by atoms with E-state index in [0.29, 0.717) is 42.4 Å². The molecule has 0 saturated carbocycles. The third-order valence-electron chi connectivity index (χ3n) is 4.70. The van der Waals surface area contributed by atoms with Crippen molar-refractivity contribution in [2.45, 2.75) is 45.9 Å². The Bertz CT molecular complexity index is 867. The topological polar surface area (TPSA) is 58.6 Å². The van der Waals surface area contributed by atoms with Crippen LogP contribution in [-0.2, 0) is 22.7 Å². The van der Waals surface area contributed by atoms with Crippen LogP contribution in [0.5, 0.6) is 0 Å². The minimum atomic E-state index is -0.231. The summed E-state index contributed by atoms with van der Waals surface area (Å²) in [6.07, 6.45) is 1.42. The number of nitrogens with one attached hydrogen (secondary N) is 1. The average Bonchev–Trinajstić information content (AvgIpc) is 3.10. The maximum atomic E-state index is 12.9. The zero-order chi connectivity index (χ0) is 20.1. The fraction of sp³-hybridized carbons (Fsp3) is 0.364. The minimum Gasteiger partial charge on any atom is -0.374 e. The molecule has 1 fully saturated rings. The molecule has 5 nitrogen and oxygen atoms in total. The number of benzene rings is 2. The van der Waals surface area contributed by atoms with Crippen LogP contribution in [0.25, 0.3) is 0 Å². The van der Waals surface area contributed by atoms with E-state index in [2.05, 4.69) is 5.32 Å². The molecule has 0 bridgehead atoms. The van der Waals surface area contributed by atoms with Gasteiger partial charge in [0.2, 0.25) is 5.91 Å². The quantitative estimate of drug-likeness (QED) is 0.752. The maximum absolute atomic E-state index is 12.9. The Morgan fingerprint density at radius 1 is 1.21 bits per heavy atom. The van der Waals surface area contributed by atoms with Gasteiger partial charge in [-0.25, -0.2) is 0 Å². The highest BCUT2D eigenvalue weighted by molar-refractivity contribution is 6.31. The molecule has 1 aliphatic heterocycles. The molecule has 0 radical (unpaired) electrons. The Balaban J connectivity index is 1.75. The van der Waals surface area contributed by atoms with Crippen LogP contribution in [0.4, 0.5) is 5.69 Å². The largest absolute Gasteiger partial charge is 0.374 e. The fourth-order valence-corrected chi connectivity index (χ4v) is 3.39. The maximum Gasteiger partial charge on any atom is 0.253 e. The van der Waals surface area contributed by atoms with Crippen LogP contribution in [-0.4, -0.2) is 24.5 Å². The minimum absolute atomic E-state index is 0.0208. The SMILES string of the molecule is CC(C)OCc1ccccc1CNC(=O)c1ccc(Cl)cc1N1CCCC1=O. The number of hydrogen-bond donors (Lipinski definition) is 1. The summed E-state index contributed by atoms with van der Waals surface area (Å²) in [4.78, 5) is 26.7. The number of carbonyl (C=O) groups excluding carboxylic acids is 2. The number of halogens is 1. The third kappa shape index (κ3) is 4.91. The van der Waals surface area contributed by atoms with Crippen molar-refractivity contribution in [1.82, 2.24) is 5.32 Å². The van der Waals surface area contributed by atoms with E-state index in [1.807, 2.05) is 38.1 Å². The summed E-state index contributed by atoms with van der Waals surface area (Å²) in [5.41, 5.74) is 3.08. The Labute approximate surface area is 170 Å². The van der Waals surface area contributed by atoms with Gasteiger partial charge in [0.1, 0.15) is 0 Å². The summed E-state index contributed by atoms with van der Waals surface area (Å²) in [6, 6.07) is 12.9. The van der Waals surface area contributed by atoms with Gasteiger partial charge >= 0.3 is 0 Å². The molecule has 148 valence electrons. The molecule has 1 aliphatic rings. The molecular weight excluding hydrogens is 376 g/mol. The second-order valence-electron chi connectivity index (χ2n) is 7.12. The van der Waals surface area contributed by atoms with Gasteiger partial charge in [0.05, 0.1) is 24.0 Å². The first-order valence-corrected chi connectivity index (χ1v) is 9.90. The van der Waals surface area contributed by atoms with E-state index in [1.165, 1.54) is 0 Å². The zero-order valence-electron chi connectivity index (χ0n) is 16.2. The highest BCUT2D eigenvalue weighted by Crippen LogP contribution is 2.28. The van der Waals surface area contributed by atoms with Crippen LogP contribution < -0.4 is 10.2 Å². The van der Waals surface area contributed by atoms with Crippen molar-refractivity contribution in [2.24, 2.45) is 0 Å². The molecule has 2 aromatic carbocycles. The first kappa shape index (κ1) is 20.4. The third-order valence-corrected chi connectivity index (χ3v) is 4.93. The Kier molecular flexibility index (Phi) is 6.70. The molecular formula is C22H25ClN2O3. The molecule has 1 N–H and O–H groups in total. The summed E-state index contributed by atoms with van der Waals surface area (Å²) in [7, 11) is 0. The smallest absolute Gasteiger partial charge is 0.253 e. The van der Waals surface area contributed by atoms with Gasteiger partial charge in [0, 0.05) is 24.5 Å². The van der Waals surface area contributed by atoms with E-state index in [-0.39, 0.29) is 17.9 Å². The number of carbonyl (C=O) groups is 2. The lowest BCUT2D eigenvalue weighted by Gasteiger charge is -2.20. The van der Waals surface area contributed by atoms with Gasteiger partial charge in [-0.05, 0) is 49.6 Å². The fourth-order valence-electron chi connectivity index (χ4n) is 3.22. The van der Waals surface area contributed by atoms with Crippen LogP contribution in [0.2, 0.25) is 5.02 Å². The van der Waals surface area contributed by atoms with E-state index in [9.17, 15) is 9.59 Å². The molecule has 0 spiro atoms. The Hall–Kier alpha value is -2.37. The molecule has 0 aromatic heterocycles. The molecule has 3 rings (SSSR count). The molecule has 2 amide bonds. The zero-order valence-corrected chi connectivity index (χ0v) is 17.0. The van der Waals surface area contributed by atoms with Gasteiger partial charge in [0.25, 0.3) is 5.91 Å². The highest BCUT2D eigenvalue weighted by Gasteiger charge is 2.26. The summed E-state index contributed by atoms with van der Waals surface area (Å²) in [6.45, 7) is 5.47. The van der Waals surface area contributed by atoms with Crippen LogP contribution in [0, 0.1) is 0 Å². The standard InChI is InChI=1S/C22H25ClN2O3/c1-15(2)28-14-17-7-4-3-6-16(17)13-24-22(27)19-10-9-18(23)12-20(19)25-11-5-8-21(25)26/h3-4,6-7,9-10,12,15H,5,8,11,13-14H2,1-2H3,(H,24,27). The predicted octanol–water partition coefficient (Wildman–Crippen LogP) is 4.32. The van der Waals surface area contributed by atoms with Crippen molar-refractivity contribution in [3.8, 4) is 0 Å². The van der Waals surface area contributed by atoms with Crippen LogP contribution in [0.1, 0.15) is 48.2 Å². The van der Waals surface area contributed by atoms with E-state index in [1.54, 1.807) is 23.1 Å². The molecule has 0 aliphatic carbocycles. The molecule has 28 heavy (non-hydrogen) atoms. The molecule has 0 unspecified atom stereocenters. The van der Waals surface area contributed by atoms with Crippen LogP contribution in [0.3, 0.4) is 0 Å². The Morgan fingerprint density at radius 2 is 1.96 bits per heavy atom. The van der Waals surface area contributed by atoms with Crippen molar-refractivity contribution >= 4 is 29.1 Å². The monoisotopic (exact) mass is 400 g/mol. The molecule has 2 aromatic rings. The number of amides is 2. The van der Waals surface area contributed by atoms with Gasteiger partial charge in [-0.3, -0.25) is 9.59 Å². The summed E-state index contributed by atoms with van der Waals surface area (Å²) in [5.74, 6) is -0.210. The van der Waals surface area contributed by atoms with Crippen molar-refractivity contribution in [1.29, 1.82) is 0 Å². The average molecular weight is 401 g/mol. The van der Waals surface area contributed by atoms with Gasteiger partial charge in [-0.1, -0.05) is 35.9 Å². The lowest BCUT2D eigenvalue weighted by atomic mass is 10.1. The molecule has 6 heteroatoms. The number of anilines is 1. The predicted molar refractivity (Wildman–Crippen MR) is 111 cm³/mol. The number of rotatable bonds is 7. The van der Waals surface area contributed by atoms with Gasteiger partial charge in [-0.2, -0.15) is 0 Å². The second-order valence-corrected chi connectivity index (χ2v) is 7.56. The molecule has 0 atom stereocenters. The number of ether oxygens (including phenoxy) is 1. The van der Waals surface area contributed by atoms with Crippen LogP contribution >= 0.6 is 11.6 Å². The normalized spacial score (nSPS) is 14.0. The van der Waals surface area contributed by atoms with Crippen molar-refractivity contribution in [3.05, 3.63) is 64.2 Å². The summed E-state index contributed by atoms with van der Waals surface area (Å²) < 4.78 is 5.70. The number of hydrogen-bond acceptors (Lipinski definition) is 3. The molecule has 1 heterocycles. The van der Waals surface area contributed by atoms with E-state index >= 15 is 0 Å². The van der Waals surface area contributed by atoms with Crippen molar-refractivity contribution in [3.63, 3.8) is 0 Å². The van der Waals surface area contributed by atoms with Crippen molar-refractivity contribution in [2.75, 3.05) is 11.4 Å². The lowest BCUT2D eigenvalue weighted by molar-refractivity contribution is -0.117. The van der Waals surface area contributed by atoms with Crippen molar-refractivity contribution < 1.29 is 14.3 Å². The van der Waals surface area contributed by atoms with Gasteiger partial charge in [0.15, 0.2) is 0 Å². The lowest BCUT2D eigenvalue weighted by Crippen LogP contribution is -2.29. The molecule has 1 saturated heterocycles.